The third-order valence-electron chi connectivity index (χ3n) is 3.46. The molecule has 1 saturated heterocycles. The predicted octanol–water partition coefficient (Wildman–Crippen LogP) is 2.01. The topological polar surface area (TPSA) is 49.8 Å². The zero-order valence-electron chi connectivity index (χ0n) is 11.0. The quantitative estimate of drug-likeness (QED) is 0.804. The van der Waals surface area contributed by atoms with Crippen molar-refractivity contribution in [3.8, 4) is 0 Å². The Morgan fingerprint density at radius 3 is 2.47 bits per heavy atom. The standard InChI is InChI=1S/C13H23NO3/c1-13(2,3)17-12(16)14-7-6-10(8-14)11(15)9-4-5-9/h9-11,15H,4-8H2,1-3H3/t10?,11-/m0/s1. The van der Waals surface area contributed by atoms with Gasteiger partial charge in [0.05, 0.1) is 6.10 Å². The van der Waals surface area contributed by atoms with Crippen LogP contribution in [0.2, 0.25) is 0 Å². The number of hydrogen-bond donors (Lipinski definition) is 1. The number of nitrogens with zero attached hydrogens (tertiary/aromatic N) is 1. The van der Waals surface area contributed by atoms with Crippen LogP contribution in [0, 0.1) is 11.8 Å². The first-order chi connectivity index (χ1) is 7.87. The number of amides is 1. The van der Waals surface area contributed by atoms with E-state index in [4.69, 9.17) is 4.74 Å². The monoisotopic (exact) mass is 241 g/mol. The maximum absolute atomic E-state index is 11.8. The van der Waals surface area contributed by atoms with Gasteiger partial charge in [-0.3, -0.25) is 0 Å². The maximum Gasteiger partial charge on any atom is 0.410 e. The van der Waals surface area contributed by atoms with E-state index in [1.165, 1.54) is 0 Å². The number of aliphatic hydroxyl groups is 1. The van der Waals surface area contributed by atoms with Crippen molar-refractivity contribution in [3.05, 3.63) is 0 Å². The molecular weight excluding hydrogens is 218 g/mol. The minimum absolute atomic E-state index is 0.220. The highest BCUT2D eigenvalue weighted by molar-refractivity contribution is 5.68. The van der Waals surface area contributed by atoms with Crippen LogP contribution in [-0.4, -0.2) is 40.9 Å². The van der Waals surface area contributed by atoms with E-state index in [1.54, 1.807) is 4.90 Å². The molecule has 0 aromatic heterocycles. The second kappa shape index (κ2) is 4.48. The zero-order valence-corrected chi connectivity index (χ0v) is 11.0. The van der Waals surface area contributed by atoms with Gasteiger partial charge in [-0.15, -0.1) is 0 Å². The second-order valence-corrected chi connectivity index (χ2v) is 6.30. The number of likely N-dealkylation sites (tertiary alicyclic amines) is 1. The van der Waals surface area contributed by atoms with E-state index in [0.717, 1.165) is 19.3 Å². The van der Waals surface area contributed by atoms with Crippen LogP contribution in [-0.2, 0) is 4.74 Å². The molecule has 4 nitrogen and oxygen atoms in total. The average molecular weight is 241 g/mol. The predicted molar refractivity (Wildman–Crippen MR) is 64.6 cm³/mol. The smallest absolute Gasteiger partial charge is 0.410 e. The number of rotatable bonds is 2. The van der Waals surface area contributed by atoms with Crippen LogP contribution in [0.15, 0.2) is 0 Å². The van der Waals surface area contributed by atoms with E-state index >= 15 is 0 Å². The lowest BCUT2D eigenvalue weighted by atomic mass is 9.98. The van der Waals surface area contributed by atoms with Crippen LogP contribution in [0.3, 0.4) is 0 Å². The highest BCUT2D eigenvalue weighted by Gasteiger charge is 2.40. The Hall–Kier alpha value is -0.770. The maximum atomic E-state index is 11.8. The fraction of sp³-hybridized carbons (Fsp3) is 0.923. The molecule has 2 fully saturated rings. The highest BCUT2D eigenvalue weighted by atomic mass is 16.6. The summed E-state index contributed by atoms with van der Waals surface area (Å²) in [7, 11) is 0. The molecule has 1 amide bonds. The van der Waals surface area contributed by atoms with Crippen LogP contribution in [0.5, 0.6) is 0 Å². The normalized spacial score (nSPS) is 27.1. The Morgan fingerprint density at radius 2 is 1.94 bits per heavy atom. The Labute approximate surface area is 103 Å². The van der Waals surface area contributed by atoms with Crippen molar-refractivity contribution in [2.75, 3.05) is 13.1 Å². The van der Waals surface area contributed by atoms with Gasteiger partial charge in [0.15, 0.2) is 0 Å². The molecule has 4 heteroatoms. The third kappa shape index (κ3) is 3.35. The third-order valence-corrected chi connectivity index (χ3v) is 3.46. The largest absolute Gasteiger partial charge is 0.444 e. The molecule has 2 aliphatic rings. The van der Waals surface area contributed by atoms with Crippen molar-refractivity contribution < 1.29 is 14.6 Å². The summed E-state index contributed by atoms with van der Waals surface area (Å²) in [5.41, 5.74) is -0.440. The molecule has 0 bridgehead atoms. The molecule has 0 aromatic rings. The van der Waals surface area contributed by atoms with Crippen molar-refractivity contribution in [3.63, 3.8) is 0 Å². The molecular formula is C13H23NO3. The lowest BCUT2D eigenvalue weighted by Gasteiger charge is -2.25. The SMILES string of the molecule is CC(C)(C)OC(=O)N1CCC([C@@H](O)C2CC2)C1. The van der Waals surface area contributed by atoms with Gasteiger partial charge < -0.3 is 14.7 Å². The summed E-state index contributed by atoms with van der Waals surface area (Å²) in [5.74, 6) is 0.730. The molecule has 1 heterocycles. The molecule has 0 radical (unpaired) electrons. The van der Waals surface area contributed by atoms with Gasteiger partial charge in [-0.25, -0.2) is 4.79 Å². The molecule has 1 unspecified atom stereocenters. The summed E-state index contributed by atoms with van der Waals surface area (Å²) in [6.07, 6.45) is 2.72. The van der Waals surface area contributed by atoms with Crippen molar-refractivity contribution >= 4 is 6.09 Å². The van der Waals surface area contributed by atoms with Crippen molar-refractivity contribution in [2.24, 2.45) is 11.8 Å². The summed E-state index contributed by atoms with van der Waals surface area (Å²) in [6.45, 7) is 6.97. The molecule has 0 spiro atoms. The van der Waals surface area contributed by atoms with Crippen molar-refractivity contribution in [1.29, 1.82) is 0 Å². The van der Waals surface area contributed by atoms with Crippen molar-refractivity contribution in [2.45, 2.75) is 51.7 Å². The fourth-order valence-corrected chi connectivity index (χ4v) is 2.38. The molecule has 0 aromatic carbocycles. The molecule has 17 heavy (non-hydrogen) atoms. The van der Waals surface area contributed by atoms with Crippen LogP contribution in [0.1, 0.15) is 40.0 Å². The minimum Gasteiger partial charge on any atom is -0.444 e. The molecule has 1 aliphatic carbocycles. The van der Waals surface area contributed by atoms with Gasteiger partial charge in [-0.2, -0.15) is 0 Å². The summed E-state index contributed by atoms with van der Waals surface area (Å²) in [5, 5.41) is 10.0. The van der Waals surface area contributed by atoms with E-state index < -0.39 is 5.60 Å². The van der Waals surface area contributed by atoms with Crippen LogP contribution < -0.4 is 0 Å². The fourth-order valence-electron chi connectivity index (χ4n) is 2.38. The molecule has 1 aliphatic heterocycles. The molecule has 2 rings (SSSR count). The van der Waals surface area contributed by atoms with Gasteiger partial charge in [-0.05, 0) is 46.0 Å². The van der Waals surface area contributed by atoms with Crippen LogP contribution in [0.4, 0.5) is 4.79 Å². The zero-order chi connectivity index (χ0) is 12.6. The molecule has 2 atom stereocenters. The van der Waals surface area contributed by atoms with Gasteiger partial charge in [0.2, 0.25) is 0 Å². The minimum atomic E-state index is -0.440. The van der Waals surface area contributed by atoms with Gasteiger partial charge in [0.1, 0.15) is 5.60 Å². The first-order valence-electron chi connectivity index (χ1n) is 6.53. The van der Waals surface area contributed by atoms with Crippen molar-refractivity contribution in [1.82, 2.24) is 4.90 Å². The number of carbonyl (C=O) groups excluding carboxylic acids is 1. The van der Waals surface area contributed by atoms with Gasteiger partial charge in [-0.1, -0.05) is 0 Å². The lowest BCUT2D eigenvalue weighted by Crippen LogP contribution is -2.36. The Bertz CT molecular complexity index is 294. The van der Waals surface area contributed by atoms with Gasteiger partial charge >= 0.3 is 6.09 Å². The molecule has 98 valence electrons. The first-order valence-corrected chi connectivity index (χ1v) is 6.53. The Kier molecular flexibility index (Phi) is 3.34. The number of hydrogen-bond acceptors (Lipinski definition) is 3. The summed E-state index contributed by atoms with van der Waals surface area (Å²) in [4.78, 5) is 13.6. The van der Waals surface area contributed by atoms with Gasteiger partial charge in [0, 0.05) is 19.0 Å². The van der Waals surface area contributed by atoms with E-state index in [1.807, 2.05) is 20.8 Å². The van der Waals surface area contributed by atoms with Crippen LogP contribution in [0.25, 0.3) is 0 Å². The Morgan fingerprint density at radius 1 is 1.29 bits per heavy atom. The molecule has 1 N–H and O–H groups in total. The van der Waals surface area contributed by atoms with E-state index in [9.17, 15) is 9.90 Å². The van der Waals surface area contributed by atoms with E-state index in [-0.39, 0.29) is 18.1 Å². The Balaban J connectivity index is 1.82. The average Bonchev–Trinajstić information content (AvgIpc) is 2.91. The van der Waals surface area contributed by atoms with Gasteiger partial charge in [0.25, 0.3) is 0 Å². The van der Waals surface area contributed by atoms with Crippen LogP contribution >= 0.6 is 0 Å². The van der Waals surface area contributed by atoms with E-state index in [0.29, 0.717) is 19.0 Å². The summed E-state index contributed by atoms with van der Waals surface area (Å²) < 4.78 is 5.33. The highest BCUT2D eigenvalue weighted by Crippen LogP contribution is 2.38. The van der Waals surface area contributed by atoms with E-state index in [2.05, 4.69) is 0 Å². The molecule has 1 saturated carbocycles. The number of carbonyl (C=O) groups is 1. The number of aliphatic hydroxyl groups excluding tert-OH is 1. The lowest BCUT2D eigenvalue weighted by molar-refractivity contribution is 0.0261. The second-order valence-electron chi connectivity index (χ2n) is 6.30. The first kappa shape index (κ1) is 12.7. The summed E-state index contributed by atoms with van der Waals surface area (Å²) >= 11 is 0. The summed E-state index contributed by atoms with van der Waals surface area (Å²) in [6, 6.07) is 0. The number of ether oxygens (including phenoxy) is 1.